The first-order chi connectivity index (χ1) is 6.38. The molecule has 0 fully saturated rings. The van der Waals surface area contributed by atoms with Gasteiger partial charge in [0.15, 0.2) is 6.10 Å². The zero-order valence-corrected chi connectivity index (χ0v) is 7.60. The third kappa shape index (κ3) is 5.63. The first kappa shape index (κ1) is 13.0. The molecule has 0 aliphatic heterocycles. The maximum absolute atomic E-state index is 11.7. The van der Waals surface area contributed by atoms with Gasteiger partial charge in [0.2, 0.25) is 0 Å². The molecule has 14 heavy (non-hydrogen) atoms. The third-order valence-electron chi connectivity index (χ3n) is 1.34. The number of rotatable bonds is 4. The molecule has 2 N–H and O–H groups in total. The van der Waals surface area contributed by atoms with Crippen molar-refractivity contribution in [3.8, 4) is 0 Å². The highest BCUT2D eigenvalue weighted by Crippen LogP contribution is 2.21. The molecule has 0 bridgehead atoms. The number of aliphatic hydroxyl groups excluding tert-OH is 1. The number of aliphatic hydroxyl groups is 1. The van der Waals surface area contributed by atoms with Crippen LogP contribution in [0.15, 0.2) is 0 Å². The molecule has 0 aliphatic rings. The zero-order chi connectivity index (χ0) is 11.2. The molecule has 84 valence electrons. The van der Waals surface area contributed by atoms with E-state index in [1.807, 2.05) is 0 Å². The molecule has 0 heterocycles. The second kappa shape index (κ2) is 5.69. The summed E-state index contributed by atoms with van der Waals surface area (Å²) in [4.78, 5) is 10.6. The van der Waals surface area contributed by atoms with Crippen molar-refractivity contribution in [3.05, 3.63) is 0 Å². The van der Waals surface area contributed by atoms with Crippen molar-refractivity contribution in [3.63, 3.8) is 0 Å². The number of hydrogen-bond donors (Lipinski definition) is 2. The summed E-state index contributed by atoms with van der Waals surface area (Å²) in [5.41, 5.74) is 0. The smallest absolute Gasteiger partial charge is 0.414 e. The fourth-order valence-electron chi connectivity index (χ4n) is 0.657. The zero-order valence-electron chi connectivity index (χ0n) is 7.60. The highest BCUT2D eigenvalue weighted by Gasteiger charge is 2.37. The molecule has 1 atom stereocenters. The molecule has 0 rings (SSSR count). The lowest BCUT2D eigenvalue weighted by molar-refractivity contribution is -0.204. The fourth-order valence-corrected chi connectivity index (χ4v) is 0.657. The standard InChI is InChI=1S/C7H12F3NO3/c1-2-14-6(13)11-4-3-5(12)7(8,9)10/h5,12H,2-4H2,1H3,(H,11,13). The predicted octanol–water partition coefficient (Wildman–Crippen LogP) is 1.05. The Kier molecular flexibility index (Phi) is 5.29. The Morgan fingerprint density at radius 3 is 2.57 bits per heavy atom. The van der Waals surface area contributed by atoms with Crippen LogP contribution in [-0.2, 0) is 4.74 Å². The van der Waals surface area contributed by atoms with E-state index in [1.54, 1.807) is 6.92 Å². The van der Waals surface area contributed by atoms with Crippen LogP contribution in [0.3, 0.4) is 0 Å². The lowest BCUT2D eigenvalue weighted by Gasteiger charge is -2.14. The van der Waals surface area contributed by atoms with Gasteiger partial charge in [0.25, 0.3) is 0 Å². The Balaban J connectivity index is 3.59. The number of nitrogens with one attached hydrogen (secondary N) is 1. The average molecular weight is 215 g/mol. The van der Waals surface area contributed by atoms with Crippen LogP contribution in [-0.4, -0.2) is 36.6 Å². The van der Waals surface area contributed by atoms with Crippen LogP contribution in [0.25, 0.3) is 0 Å². The number of amides is 1. The van der Waals surface area contributed by atoms with E-state index in [4.69, 9.17) is 5.11 Å². The summed E-state index contributed by atoms with van der Waals surface area (Å²) in [5, 5.41) is 10.6. The largest absolute Gasteiger partial charge is 0.450 e. The Labute approximate surface area is 79.0 Å². The Morgan fingerprint density at radius 2 is 2.14 bits per heavy atom. The van der Waals surface area contributed by atoms with Crippen molar-refractivity contribution in [2.45, 2.75) is 25.6 Å². The Hall–Kier alpha value is -0.980. The van der Waals surface area contributed by atoms with Gasteiger partial charge < -0.3 is 15.2 Å². The summed E-state index contributed by atoms with van der Waals surface area (Å²) >= 11 is 0. The molecule has 0 saturated heterocycles. The van der Waals surface area contributed by atoms with Gasteiger partial charge in [0, 0.05) is 6.54 Å². The van der Waals surface area contributed by atoms with Crippen LogP contribution in [0.2, 0.25) is 0 Å². The Morgan fingerprint density at radius 1 is 1.57 bits per heavy atom. The topological polar surface area (TPSA) is 58.6 Å². The second-order valence-electron chi connectivity index (χ2n) is 2.49. The minimum Gasteiger partial charge on any atom is -0.450 e. The third-order valence-corrected chi connectivity index (χ3v) is 1.34. The van der Waals surface area contributed by atoms with Gasteiger partial charge in [-0.15, -0.1) is 0 Å². The van der Waals surface area contributed by atoms with E-state index in [1.165, 1.54) is 0 Å². The summed E-state index contributed by atoms with van der Waals surface area (Å²) in [6.07, 6.45) is -8.43. The van der Waals surface area contributed by atoms with Crippen molar-refractivity contribution >= 4 is 6.09 Å². The van der Waals surface area contributed by atoms with Crippen molar-refractivity contribution < 1.29 is 27.8 Å². The normalized spacial score (nSPS) is 13.5. The minimum atomic E-state index is -4.64. The fraction of sp³-hybridized carbons (Fsp3) is 0.857. The number of ether oxygens (including phenoxy) is 1. The van der Waals surface area contributed by atoms with Crippen LogP contribution in [0, 0.1) is 0 Å². The predicted molar refractivity (Wildman–Crippen MR) is 41.7 cm³/mol. The van der Waals surface area contributed by atoms with E-state index in [-0.39, 0.29) is 13.2 Å². The van der Waals surface area contributed by atoms with E-state index >= 15 is 0 Å². The highest BCUT2D eigenvalue weighted by molar-refractivity contribution is 5.66. The number of carbonyl (C=O) groups excluding carboxylic acids is 1. The van der Waals surface area contributed by atoms with Crippen LogP contribution in [0.4, 0.5) is 18.0 Å². The molecular weight excluding hydrogens is 203 g/mol. The average Bonchev–Trinajstić information content (AvgIpc) is 2.02. The quantitative estimate of drug-likeness (QED) is 0.736. The van der Waals surface area contributed by atoms with Crippen molar-refractivity contribution in [2.75, 3.05) is 13.2 Å². The maximum Gasteiger partial charge on any atom is 0.414 e. The molecule has 0 aromatic rings. The molecule has 4 nitrogen and oxygen atoms in total. The van der Waals surface area contributed by atoms with Gasteiger partial charge in [-0.25, -0.2) is 4.79 Å². The first-order valence-electron chi connectivity index (χ1n) is 4.03. The van der Waals surface area contributed by atoms with E-state index in [2.05, 4.69) is 10.1 Å². The van der Waals surface area contributed by atoms with Gasteiger partial charge in [-0.2, -0.15) is 13.2 Å². The molecule has 0 spiro atoms. The molecule has 0 saturated carbocycles. The van der Waals surface area contributed by atoms with Crippen molar-refractivity contribution in [1.82, 2.24) is 5.32 Å². The number of alkyl carbamates (subject to hydrolysis) is 1. The SMILES string of the molecule is CCOC(=O)NCCC(O)C(F)(F)F. The lowest BCUT2D eigenvalue weighted by atomic mass is 10.2. The molecule has 0 aromatic heterocycles. The van der Waals surface area contributed by atoms with Crippen molar-refractivity contribution in [2.24, 2.45) is 0 Å². The van der Waals surface area contributed by atoms with Crippen LogP contribution in [0.1, 0.15) is 13.3 Å². The van der Waals surface area contributed by atoms with E-state index in [0.717, 1.165) is 0 Å². The summed E-state index contributed by atoms with van der Waals surface area (Å²) in [6.45, 7) is 1.44. The van der Waals surface area contributed by atoms with Gasteiger partial charge in [0.05, 0.1) is 6.61 Å². The van der Waals surface area contributed by atoms with Gasteiger partial charge in [-0.05, 0) is 13.3 Å². The summed E-state index contributed by atoms with van der Waals surface area (Å²) in [6, 6.07) is 0. The number of halogens is 3. The minimum absolute atomic E-state index is 0.146. The van der Waals surface area contributed by atoms with Crippen LogP contribution >= 0.6 is 0 Å². The summed E-state index contributed by atoms with van der Waals surface area (Å²) in [7, 11) is 0. The van der Waals surface area contributed by atoms with Crippen LogP contribution < -0.4 is 5.32 Å². The molecule has 1 unspecified atom stereocenters. The number of hydrogen-bond acceptors (Lipinski definition) is 3. The molecule has 1 amide bonds. The number of carbonyl (C=O) groups is 1. The summed E-state index contributed by atoms with van der Waals surface area (Å²) < 4.78 is 39.6. The molecule has 0 aliphatic carbocycles. The van der Waals surface area contributed by atoms with E-state index in [0.29, 0.717) is 0 Å². The van der Waals surface area contributed by atoms with E-state index in [9.17, 15) is 18.0 Å². The monoisotopic (exact) mass is 215 g/mol. The summed E-state index contributed by atoms with van der Waals surface area (Å²) in [5.74, 6) is 0. The maximum atomic E-state index is 11.7. The van der Waals surface area contributed by atoms with Gasteiger partial charge in [0.1, 0.15) is 0 Å². The first-order valence-corrected chi connectivity index (χ1v) is 4.03. The second-order valence-corrected chi connectivity index (χ2v) is 2.49. The Bertz CT molecular complexity index is 184. The van der Waals surface area contributed by atoms with Gasteiger partial charge in [-0.3, -0.25) is 0 Å². The highest BCUT2D eigenvalue weighted by atomic mass is 19.4. The molecule has 7 heteroatoms. The van der Waals surface area contributed by atoms with Gasteiger partial charge >= 0.3 is 12.3 Å². The molecular formula is C7H12F3NO3. The van der Waals surface area contributed by atoms with E-state index < -0.39 is 24.8 Å². The molecule has 0 radical (unpaired) electrons. The van der Waals surface area contributed by atoms with Crippen LogP contribution in [0.5, 0.6) is 0 Å². The molecule has 0 aromatic carbocycles. The number of alkyl halides is 3. The van der Waals surface area contributed by atoms with Gasteiger partial charge in [-0.1, -0.05) is 0 Å². The van der Waals surface area contributed by atoms with Crippen molar-refractivity contribution in [1.29, 1.82) is 0 Å². The lowest BCUT2D eigenvalue weighted by Crippen LogP contribution is -2.34.